The van der Waals surface area contributed by atoms with Gasteiger partial charge in [0.05, 0.1) is 17.6 Å². The lowest BCUT2D eigenvalue weighted by molar-refractivity contribution is -0.0509. The highest BCUT2D eigenvalue weighted by Crippen LogP contribution is 2.35. The number of rotatable bonds is 3. The predicted octanol–water partition coefficient (Wildman–Crippen LogP) is -1.36. The van der Waals surface area contributed by atoms with Gasteiger partial charge in [0.1, 0.15) is 35.6 Å². The molecule has 2 aromatic heterocycles. The van der Waals surface area contributed by atoms with Crippen molar-refractivity contribution in [3.63, 3.8) is 0 Å². The lowest BCUT2D eigenvalue weighted by atomic mass is 10.1. The molecule has 136 valence electrons. The van der Waals surface area contributed by atoms with Gasteiger partial charge in [0.2, 0.25) is 0 Å². The average molecular weight is 351 g/mol. The number of hydrogen-bond donors (Lipinski definition) is 4. The lowest BCUT2D eigenvalue weighted by Gasteiger charge is -2.17. The van der Waals surface area contributed by atoms with E-state index in [9.17, 15) is 20.1 Å². The van der Waals surface area contributed by atoms with Crippen LogP contribution in [0.3, 0.4) is 0 Å². The van der Waals surface area contributed by atoms with Crippen LogP contribution in [0, 0.1) is 6.92 Å². The van der Waals surface area contributed by atoms with E-state index < -0.39 is 31.1 Å². The van der Waals surface area contributed by atoms with Crippen molar-refractivity contribution in [2.45, 2.75) is 31.5 Å². The molecule has 0 saturated carbocycles. The Hall–Kier alpha value is -2.27. The summed E-state index contributed by atoms with van der Waals surface area (Å²) >= 11 is 0. The summed E-state index contributed by atoms with van der Waals surface area (Å²) in [7, 11) is 3.20. The Morgan fingerprint density at radius 2 is 2.04 bits per heavy atom. The van der Waals surface area contributed by atoms with Gasteiger partial charge in [0, 0.05) is 20.3 Å². The summed E-state index contributed by atoms with van der Waals surface area (Å²) in [5, 5.41) is 29.9. The number of nitrogen functional groups attached to an aromatic ring is 1. The van der Waals surface area contributed by atoms with Crippen molar-refractivity contribution in [2.75, 3.05) is 26.4 Å². The molecular weight excluding hydrogens is 330 g/mol. The monoisotopic (exact) mass is 351 g/mol. The van der Waals surface area contributed by atoms with Gasteiger partial charge < -0.3 is 35.3 Å². The summed E-state index contributed by atoms with van der Waals surface area (Å²) in [6.07, 6.45) is -3.05. The number of fused-ring (bicyclic) bond motifs is 1. The fourth-order valence-electron chi connectivity index (χ4n) is 3.00. The first kappa shape index (κ1) is 17.5. The van der Waals surface area contributed by atoms with Gasteiger partial charge in [-0.15, -0.1) is 0 Å². The number of nitrogens with zero attached hydrogens (tertiary/aromatic N) is 4. The second kappa shape index (κ2) is 6.23. The quantitative estimate of drug-likeness (QED) is 0.530. The number of aliphatic hydroxyl groups is 3. The third-order valence-corrected chi connectivity index (χ3v) is 4.24. The molecule has 0 aliphatic carbocycles. The number of ether oxygens (including phenoxy) is 1. The molecule has 0 aromatic carbocycles. The van der Waals surface area contributed by atoms with E-state index in [2.05, 4.69) is 9.97 Å². The molecule has 1 aliphatic heterocycles. The zero-order valence-electron chi connectivity index (χ0n) is 14.1. The zero-order chi connectivity index (χ0) is 18.5. The second-order valence-electron chi connectivity index (χ2n) is 6.23. The van der Waals surface area contributed by atoms with Gasteiger partial charge in [-0.05, 0) is 6.92 Å². The van der Waals surface area contributed by atoms with Gasteiger partial charge in [-0.1, -0.05) is 0 Å². The maximum Gasteiger partial charge on any atom is 0.255 e. The number of nitrogens with two attached hydrogens (primary N) is 1. The number of aromatic nitrogens is 3. The van der Waals surface area contributed by atoms with Crippen molar-refractivity contribution in [3.8, 4) is 0 Å². The van der Waals surface area contributed by atoms with E-state index in [-0.39, 0.29) is 17.3 Å². The largest absolute Gasteiger partial charge is 0.394 e. The van der Waals surface area contributed by atoms with E-state index in [4.69, 9.17) is 10.5 Å². The minimum Gasteiger partial charge on any atom is -0.394 e. The Kier molecular flexibility index (Phi) is 4.37. The van der Waals surface area contributed by atoms with E-state index in [1.165, 1.54) is 15.7 Å². The predicted molar refractivity (Wildman–Crippen MR) is 87.7 cm³/mol. The Bertz CT molecular complexity index is 820. The summed E-state index contributed by atoms with van der Waals surface area (Å²) in [6, 6.07) is 0. The number of aliphatic hydroxyl groups excluding tert-OH is 3. The van der Waals surface area contributed by atoms with Crippen molar-refractivity contribution in [3.05, 3.63) is 17.6 Å². The van der Waals surface area contributed by atoms with Gasteiger partial charge in [-0.3, -0.25) is 4.79 Å². The molecule has 0 radical (unpaired) electrons. The number of carbonyl (C=O) groups excluding carboxylic acids is 1. The molecule has 1 saturated heterocycles. The SMILES string of the molecule is Cc1nc(N)c2c(C(=O)N(C)C)cn([C@@H]3OC(CO)[C@@H](O)[C@H]3O)c2n1. The topological polar surface area (TPSA) is 147 Å². The van der Waals surface area contributed by atoms with Crippen LogP contribution in [0.2, 0.25) is 0 Å². The summed E-state index contributed by atoms with van der Waals surface area (Å²) < 4.78 is 6.99. The standard InChI is InChI=1S/C15H21N5O5/c1-6-17-12(16)9-7(14(24)19(2)3)4-20(13(9)18-6)15-11(23)10(22)8(5-21)25-15/h4,8,10-11,15,21-23H,5H2,1-3H3,(H2,16,17,18)/t8?,10-,11-,15-/m1/s1. The molecule has 3 heterocycles. The van der Waals surface area contributed by atoms with Crippen LogP contribution in [-0.2, 0) is 4.74 Å². The Labute approximate surface area is 143 Å². The summed E-state index contributed by atoms with van der Waals surface area (Å²) in [5.41, 5.74) is 6.57. The van der Waals surface area contributed by atoms with Crippen LogP contribution in [0.25, 0.3) is 11.0 Å². The van der Waals surface area contributed by atoms with Gasteiger partial charge in [0.15, 0.2) is 6.23 Å². The normalized spacial score (nSPS) is 26.3. The van der Waals surface area contributed by atoms with Gasteiger partial charge >= 0.3 is 0 Å². The molecule has 0 bridgehead atoms. The maximum absolute atomic E-state index is 12.5. The van der Waals surface area contributed by atoms with E-state index in [1.807, 2.05) is 0 Å². The Morgan fingerprint density at radius 3 is 2.60 bits per heavy atom. The minimum atomic E-state index is -1.30. The van der Waals surface area contributed by atoms with E-state index in [1.54, 1.807) is 21.0 Å². The average Bonchev–Trinajstić information content (AvgIpc) is 3.05. The number of aryl methyl sites for hydroxylation is 1. The van der Waals surface area contributed by atoms with Crippen LogP contribution in [-0.4, -0.2) is 79.7 Å². The summed E-state index contributed by atoms with van der Waals surface area (Å²) in [4.78, 5) is 22.3. The van der Waals surface area contributed by atoms with Crippen LogP contribution in [0.15, 0.2) is 6.20 Å². The molecule has 2 aromatic rings. The molecule has 3 rings (SSSR count). The molecule has 10 heteroatoms. The highest BCUT2D eigenvalue weighted by molar-refractivity contribution is 6.09. The first-order valence-corrected chi connectivity index (χ1v) is 7.75. The van der Waals surface area contributed by atoms with Crippen LogP contribution >= 0.6 is 0 Å². The Morgan fingerprint density at radius 1 is 1.36 bits per heavy atom. The molecule has 1 unspecified atom stereocenters. The molecule has 0 spiro atoms. The molecule has 1 amide bonds. The minimum absolute atomic E-state index is 0.137. The number of hydrogen-bond acceptors (Lipinski definition) is 8. The van der Waals surface area contributed by atoms with Crippen LogP contribution in [0.1, 0.15) is 22.4 Å². The van der Waals surface area contributed by atoms with Gasteiger partial charge in [-0.2, -0.15) is 0 Å². The molecule has 1 aliphatic rings. The molecule has 10 nitrogen and oxygen atoms in total. The smallest absolute Gasteiger partial charge is 0.255 e. The molecule has 25 heavy (non-hydrogen) atoms. The van der Waals surface area contributed by atoms with Crippen molar-refractivity contribution in [2.24, 2.45) is 0 Å². The van der Waals surface area contributed by atoms with Gasteiger partial charge in [-0.25, -0.2) is 9.97 Å². The molecule has 4 atom stereocenters. The fraction of sp³-hybridized carbons (Fsp3) is 0.533. The van der Waals surface area contributed by atoms with Crippen molar-refractivity contribution < 1.29 is 24.9 Å². The number of carbonyl (C=O) groups is 1. The molecule has 5 N–H and O–H groups in total. The van der Waals surface area contributed by atoms with E-state index in [0.717, 1.165) is 0 Å². The third kappa shape index (κ3) is 2.72. The Balaban J connectivity index is 2.21. The number of amides is 1. The van der Waals surface area contributed by atoms with Crippen LogP contribution in [0.5, 0.6) is 0 Å². The van der Waals surface area contributed by atoms with Crippen LogP contribution < -0.4 is 5.73 Å². The lowest BCUT2D eigenvalue weighted by Crippen LogP contribution is -2.33. The molecule has 1 fully saturated rings. The first-order valence-electron chi connectivity index (χ1n) is 7.75. The summed E-state index contributed by atoms with van der Waals surface area (Å²) in [5.74, 6) is 0.216. The van der Waals surface area contributed by atoms with Crippen molar-refractivity contribution in [1.82, 2.24) is 19.4 Å². The number of anilines is 1. The zero-order valence-corrected chi connectivity index (χ0v) is 14.1. The summed E-state index contributed by atoms with van der Waals surface area (Å²) in [6.45, 7) is 1.20. The fourth-order valence-corrected chi connectivity index (χ4v) is 3.00. The third-order valence-electron chi connectivity index (χ3n) is 4.24. The second-order valence-corrected chi connectivity index (χ2v) is 6.23. The molecular formula is C15H21N5O5. The van der Waals surface area contributed by atoms with Gasteiger partial charge in [0.25, 0.3) is 5.91 Å². The van der Waals surface area contributed by atoms with E-state index >= 15 is 0 Å². The maximum atomic E-state index is 12.5. The highest BCUT2D eigenvalue weighted by atomic mass is 16.6. The van der Waals surface area contributed by atoms with Crippen LogP contribution in [0.4, 0.5) is 5.82 Å². The van der Waals surface area contributed by atoms with E-state index in [0.29, 0.717) is 16.9 Å². The van der Waals surface area contributed by atoms with Crippen molar-refractivity contribution in [1.29, 1.82) is 0 Å². The highest BCUT2D eigenvalue weighted by Gasteiger charge is 2.44. The first-order chi connectivity index (χ1) is 11.8. The van der Waals surface area contributed by atoms with Crippen molar-refractivity contribution >= 4 is 22.8 Å².